The van der Waals surface area contributed by atoms with E-state index in [2.05, 4.69) is 30.1 Å². The predicted molar refractivity (Wildman–Crippen MR) is 138 cm³/mol. The minimum Gasteiger partial charge on any atom is -0.355 e. The Morgan fingerprint density at radius 3 is 2.45 bits per heavy atom. The summed E-state index contributed by atoms with van der Waals surface area (Å²) in [6, 6.07) is 22.2. The molecule has 0 saturated heterocycles. The van der Waals surface area contributed by atoms with Gasteiger partial charge in [0.1, 0.15) is 5.82 Å². The summed E-state index contributed by atoms with van der Waals surface area (Å²) in [5.74, 6) is 2.09. The second-order valence-corrected chi connectivity index (χ2v) is 9.60. The van der Waals surface area contributed by atoms with Gasteiger partial charge < -0.3 is 10.2 Å². The number of anilines is 1. The van der Waals surface area contributed by atoms with E-state index in [-0.39, 0.29) is 11.9 Å². The molecule has 0 aliphatic rings. The maximum absolute atomic E-state index is 12.8. The minimum atomic E-state index is -0.0254. The van der Waals surface area contributed by atoms with Gasteiger partial charge in [0.2, 0.25) is 5.91 Å². The molecular formula is C27H30N4OS. The molecule has 0 radical (unpaired) electrons. The minimum absolute atomic E-state index is 0.0254. The molecule has 5 nitrogen and oxygen atoms in total. The topological polar surface area (TPSA) is 58.1 Å². The molecule has 1 amide bonds. The standard InChI is InChI=1S/C27H30N4OS/c1-19(2)18-31(16-15-25(32)28-20(3)21-10-5-4-6-11-21)27-22-12-7-8-13-23(22)29-26(30-27)24-14-9-17-33-24/h4-14,17,19-20H,15-16,18H2,1-3H3,(H,28,32)/t20-/m1/s1. The number of hydrogen-bond acceptors (Lipinski definition) is 5. The maximum atomic E-state index is 12.8. The van der Waals surface area contributed by atoms with E-state index in [1.54, 1.807) is 11.3 Å². The number of carbonyl (C=O) groups excluding carboxylic acids is 1. The summed E-state index contributed by atoms with van der Waals surface area (Å²) < 4.78 is 0. The Morgan fingerprint density at radius 2 is 1.73 bits per heavy atom. The number of carbonyl (C=O) groups is 1. The summed E-state index contributed by atoms with van der Waals surface area (Å²) in [7, 11) is 0. The molecule has 1 N–H and O–H groups in total. The second-order valence-electron chi connectivity index (χ2n) is 8.66. The smallest absolute Gasteiger partial charge is 0.222 e. The Balaban J connectivity index is 1.58. The molecule has 0 fully saturated rings. The van der Waals surface area contributed by atoms with Crippen LogP contribution >= 0.6 is 11.3 Å². The van der Waals surface area contributed by atoms with Gasteiger partial charge in [0, 0.05) is 24.9 Å². The second kappa shape index (κ2) is 10.6. The molecule has 170 valence electrons. The summed E-state index contributed by atoms with van der Waals surface area (Å²) in [5.41, 5.74) is 2.02. The van der Waals surface area contributed by atoms with Crippen molar-refractivity contribution in [3.63, 3.8) is 0 Å². The van der Waals surface area contributed by atoms with Crippen LogP contribution in [0.3, 0.4) is 0 Å². The van der Waals surface area contributed by atoms with Crippen LogP contribution < -0.4 is 10.2 Å². The van der Waals surface area contributed by atoms with Crippen molar-refractivity contribution in [3.8, 4) is 10.7 Å². The number of fused-ring (bicyclic) bond motifs is 1. The molecule has 4 rings (SSSR count). The Labute approximate surface area is 199 Å². The summed E-state index contributed by atoms with van der Waals surface area (Å²) in [6.45, 7) is 7.80. The van der Waals surface area contributed by atoms with Crippen molar-refractivity contribution in [2.24, 2.45) is 5.92 Å². The normalized spacial score (nSPS) is 12.1. The molecule has 2 aromatic carbocycles. The van der Waals surface area contributed by atoms with Crippen molar-refractivity contribution in [2.75, 3.05) is 18.0 Å². The number of hydrogen-bond donors (Lipinski definition) is 1. The first kappa shape index (κ1) is 22.9. The van der Waals surface area contributed by atoms with Crippen LogP contribution in [0, 0.1) is 5.92 Å². The highest BCUT2D eigenvalue weighted by atomic mass is 32.1. The van der Waals surface area contributed by atoms with E-state index in [1.807, 2.05) is 73.0 Å². The molecule has 0 saturated carbocycles. The quantitative estimate of drug-likeness (QED) is 0.330. The van der Waals surface area contributed by atoms with Gasteiger partial charge in [-0.2, -0.15) is 0 Å². The first-order valence-electron chi connectivity index (χ1n) is 11.4. The summed E-state index contributed by atoms with van der Waals surface area (Å²) in [4.78, 5) is 25.9. The highest BCUT2D eigenvalue weighted by Gasteiger charge is 2.19. The molecule has 0 spiro atoms. The van der Waals surface area contributed by atoms with Crippen LogP contribution in [0.2, 0.25) is 0 Å². The van der Waals surface area contributed by atoms with Gasteiger partial charge in [-0.25, -0.2) is 9.97 Å². The predicted octanol–water partition coefficient (Wildman–Crippen LogP) is 6.09. The van der Waals surface area contributed by atoms with Crippen molar-refractivity contribution < 1.29 is 4.79 Å². The molecule has 2 aromatic heterocycles. The van der Waals surface area contributed by atoms with Gasteiger partial charge in [0.25, 0.3) is 0 Å². The van der Waals surface area contributed by atoms with Gasteiger partial charge in [0.05, 0.1) is 16.4 Å². The van der Waals surface area contributed by atoms with Crippen molar-refractivity contribution in [3.05, 3.63) is 77.7 Å². The molecular weight excluding hydrogens is 428 g/mol. The van der Waals surface area contributed by atoms with Crippen LogP contribution in [-0.2, 0) is 4.79 Å². The highest BCUT2D eigenvalue weighted by Crippen LogP contribution is 2.30. The third-order valence-electron chi connectivity index (χ3n) is 5.50. The zero-order valence-corrected chi connectivity index (χ0v) is 20.2. The lowest BCUT2D eigenvalue weighted by molar-refractivity contribution is -0.121. The lowest BCUT2D eigenvalue weighted by Crippen LogP contribution is -2.34. The zero-order valence-electron chi connectivity index (χ0n) is 19.4. The van der Waals surface area contributed by atoms with Gasteiger partial charge in [0.15, 0.2) is 5.82 Å². The van der Waals surface area contributed by atoms with Gasteiger partial charge >= 0.3 is 0 Å². The van der Waals surface area contributed by atoms with E-state index >= 15 is 0 Å². The number of para-hydroxylation sites is 1. The van der Waals surface area contributed by atoms with E-state index in [9.17, 15) is 4.79 Å². The SMILES string of the molecule is CC(C)CN(CCC(=O)N[C@H](C)c1ccccc1)c1nc(-c2cccs2)nc2ccccc12. The molecule has 33 heavy (non-hydrogen) atoms. The third kappa shape index (κ3) is 5.76. The first-order valence-corrected chi connectivity index (χ1v) is 12.3. The van der Waals surface area contributed by atoms with Crippen LogP contribution in [0.1, 0.15) is 38.8 Å². The fourth-order valence-electron chi connectivity index (χ4n) is 3.92. The molecule has 0 aliphatic heterocycles. The number of benzene rings is 2. The average molecular weight is 459 g/mol. The van der Waals surface area contributed by atoms with Gasteiger partial charge in [-0.3, -0.25) is 4.79 Å². The number of rotatable bonds is 9. The lowest BCUT2D eigenvalue weighted by atomic mass is 10.1. The van der Waals surface area contributed by atoms with Crippen LogP contribution in [0.5, 0.6) is 0 Å². The highest BCUT2D eigenvalue weighted by molar-refractivity contribution is 7.13. The summed E-state index contributed by atoms with van der Waals surface area (Å²) >= 11 is 1.63. The van der Waals surface area contributed by atoms with Crippen LogP contribution in [0.15, 0.2) is 72.1 Å². The van der Waals surface area contributed by atoms with E-state index < -0.39 is 0 Å². The molecule has 1 atom stereocenters. The number of aromatic nitrogens is 2. The molecule has 6 heteroatoms. The summed E-state index contributed by atoms with van der Waals surface area (Å²) in [5, 5.41) is 6.18. The number of thiophene rings is 1. The lowest BCUT2D eigenvalue weighted by Gasteiger charge is -2.27. The number of nitrogens with one attached hydrogen (secondary N) is 1. The van der Waals surface area contributed by atoms with E-state index in [4.69, 9.17) is 9.97 Å². The summed E-state index contributed by atoms with van der Waals surface area (Å²) in [6.07, 6.45) is 0.399. The van der Waals surface area contributed by atoms with E-state index in [1.165, 1.54) is 0 Å². The molecule has 2 heterocycles. The van der Waals surface area contributed by atoms with Crippen LogP contribution in [0.25, 0.3) is 21.6 Å². The van der Waals surface area contributed by atoms with E-state index in [0.717, 1.165) is 39.5 Å². The van der Waals surface area contributed by atoms with Gasteiger partial charge in [-0.15, -0.1) is 11.3 Å². The Morgan fingerprint density at radius 1 is 0.970 bits per heavy atom. The monoisotopic (exact) mass is 458 g/mol. The maximum Gasteiger partial charge on any atom is 0.222 e. The van der Waals surface area contributed by atoms with Crippen molar-refractivity contribution in [1.82, 2.24) is 15.3 Å². The Bertz CT molecular complexity index is 1190. The molecule has 0 aliphatic carbocycles. The largest absolute Gasteiger partial charge is 0.355 e. The van der Waals surface area contributed by atoms with Gasteiger partial charge in [-0.1, -0.05) is 62.4 Å². The van der Waals surface area contributed by atoms with Crippen LogP contribution in [-0.4, -0.2) is 29.0 Å². The first-order chi connectivity index (χ1) is 16.0. The van der Waals surface area contributed by atoms with Crippen molar-refractivity contribution in [2.45, 2.75) is 33.2 Å². The average Bonchev–Trinajstić information content (AvgIpc) is 3.36. The van der Waals surface area contributed by atoms with Crippen LogP contribution in [0.4, 0.5) is 5.82 Å². The molecule has 0 unspecified atom stereocenters. The molecule has 0 bridgehead atoms. The third-order valence-corrected chi connectivity index (χ3v) is 6.36. The Hall–Kier alpha value is -3.25. The fraction of sp³-hybridized carbons (Fsp3) is 0.296. The Kier molecular flexibility index (Phi) is 7.35. The fourth-order valence-corrected chi connectivity index (χ4v) is 4.57. The van der Waals surface area contributed by atoms with E-state index in [0.29, 0.717) is 18.9 Å². The molecule has 4 aromatic rings. The number of nitrogens with zero attached hydrogens (tertiary/aromatic N) is 3. The van der Waals surface area contributed by atoms with Crippen molar-refractivity contribution >= 4 is 34.0 Å². The number of amides is 1. The van der Waals surface area contributed by atoms with Crippen molar-refractivity contribution in [1.29, 1.82) is 0 Å². The van der Waals surface area contributed by atoms with Gasteiger partial charge in [-0.05, 0) is 42.0 Å². The zero-order chi connectivity index (χ0) is 23.2.